The Morgan fingerprint density at radius 3 is 2.19 bits per heavy atom. The van der Waals surface area contributed by atoms with E-state index in [1.165, 1.54) is 5.56 Å². The van der Waals surface area contributed by atoms with Gasteiger partial charge in [0, 0.05) is 17.2 Å². The summed E-state index contributed by atoms with van der Waals surface area (Å²) in [5.41, 5.74) is 7.65. The molecule has 2 aromatic rings. The van der Waals surface area contributed by atoms with Crippen molar-refractivity contribution in [3.8, 4) is 0 Å². The zero-order valence-corrected chi connectivity index (χ0v) is 13.6. The van der Waals surface area contributed by atoms with Crippen molar-refractivity contribution < 1.29 is 8.42 Å². The van der Waals surface area contributed by atoms with Crippen LogP contribution >= 0.6 is 11.8 Å². The normalized spacial score (nSPS) is 11.5. The molecule has 21 heavy (non-hydrogen) atoms. The van der Waals surface area contributed by atoms with Crippen molar-refractivity contribution in [1.29, 1.82) is 0 Å². The molecule has 0 aliphatic heterocycles. The van der Waals surface area contributed by atoms with E-state index in [-0.39, 0.29) is 5.75 Å². The highest BCUT2D eigenvalue weighted by Crippen LogP contribution is 2.20. The van der Waals surface area contributed by atoms with Crippen LogP contribution in [0.2, 0.25) is 0 Å². The summed E-state index contributed by atoms with van der Waals surface area (Å²) >= 11 is 1.56. The van der Waals surface area contributed by atoms with Crippen LogP contribution in [-0.2, 0) is 16.4 Å². The van der Waals surface area contributed by atoms with Gasteiger partial charge in [0.05, 0.1) is 10.6 Å². The minimum Gasteiger partial charge on any atom is -0.326 e. The Labute approximate surface area is 130 Å². The van der Waals surface area contributed by atoms with E-state index in [2.05, 4.69) is 0 Å². The fraction of sp³-hybridized carbons (Fsp3) is 0.250. The van der Waals surface area contributed by atoms with Gasteiger partial charge in [0.15, 0.2) is 9.84 Å². The largest absolute Gasteiger partial charge is 0.326 e. The molecule has 0 fully saturated rings. The summed E-state index contributed by atoms with van der Waals surface area (Å²) in [5.74, 6) is 0.678. The molecule has 0 saturated carbocycles. The third kappa shape index (κ3) is 4.59. The average molecular weight is 321 g/mol. The summed E-state index contributed by atoms with van der Waals surface area (Å²) in [6, 6.07) is 14.9. The van der Waals surface area contributed by atoms with Gasteiger partial charge >= 0.3 is 0 Å². The first-order valence-electron chi connectivity index (χ1n) is 6.72. The Hall–Kier alpha value is -1.30. The van der Waals surface area contributed by atoms with Crippen molar-refractivity contribution in [3.63, 3.8) is 0 Å². The summed E-state index contributed by atoms with van der Waals surface area (Å²) in [7, 11) is -3.23. The molecule has 5 heteroatoms. The molecule has 0 spiro atoms. The summed E-state index contributed by atoms with van der Waals surface area (Å²) in [4.78, 5) is 1.46. The third-order valence-corrected chi connectivity index (χ3v) is 6.16. The topological polar surface area (TPSA) is 60.2 Å². The van der Waals surface area contributed by atoms with Crippen molar-refractivity contribution >= 4 is 21.6 Å². The van der Waals surface area contributed by atoms with E-state index in [1.54, 1.807) is 36.0 Å². The number of benzene rings is 2. The lowest BCUT2D eigenvalue weighted by Crippen LogP contribution is -2.09. The predicted molar refractivity (Wildman–Crippen MR) is 88.3 cm³/mol. The van der Waals surface area contributed by atoms with E-state index in [0.29, 0.717) is 17.2 Å². The SMILES string of the molecule is Cc1ccc(SCCS(=O)(=O)c2ccc(CN)cc2)cc1. The molecule has 3 nitrogen and oxygen atoms in total. The molecule has 0 heterocycles. The van der Waals surface area contributed by atoms with E-state index in [0.717, 1.165) is 10.5 Å². The molecular weight excluding hydrogens is 302 g/mol. The minimum absolute atomic E-state index is 0.132. The third-order valence-electron chi connectivity index (χ3n) is 3.16. The van der Waals surface area contributed by atoms with Crippen LogP contribution in [0.3, 0.4) is 0 Å². The Morgan fingerprint density at radius 1 is 1.00 bits per heavy atom. The van der Waals surface area contributed by atoms with Crippen molar-refractivity contribution in [3.05, 3.63) is 59.7 Å². The lowest BCUT2D eigenvalue weighted by molar-refractivity contribution is 0.597. The van der Waals surface area contributed by atoms with Gasteiger partial charge in [-0.05, 0) is 36.8 Å². The number of aryl methyl sites for hydroxylation is 1. The van der Waals surface area contributed by atoms with Gasteiger partial charge in [-0.2, -0.15) is 0 Å². The van der Waals surface area contributed by atoms with Gasteiger partial charge < -0.3 is 5.73 Å². The van der Waals surface area contributed by atoms with Gasteiger partial charge in [0.25, 0.3) is 0 Å². The van der Waals surface area contributed by atoms with Crippen LogP contribution in [-0.4, -0.2) is 19.9 Å². The van der Waals surface area contributed by atoms with Crippen LogP contribution in [0, 0.1) is 6.92 Å². The van der Waals surface area contributed by atoms with E-state index in [4.69, 9.17) is 5.73 Å². The highest BCUT2D eigenvalue weighted by molar-refractivity contribution is 8.00. The van der Waals surface area contributed by atoms with Crippen LogP contribution in [0.1, 0.15) is 11.1 Å². The number of hydrogen-bond acceptors (Lipinski definition) is 4. The number of sulfone groups is 1. The maximum absolute atomic E-state index is 12.2. The lowest BCUT2D eigenvalue weighted by atomic mass is 10.2. The quantitative estimate of drug-likeness (QED) is 0.831. The zero-order chi connectivity index (χ0) is 15.3. The van der Waals surface area contributed by atoms with Crippen LogP contribution in [0.15, 0.2) is 58.3 Å². The number of hydrogen-bond donors (Lipinski definition) is 1. The lowest BCUT2D eigenvalue weighted by Gasteiger charge is -2.06. The summed E-state index contributed by atoms with van der Waals surface area (Å²) < 4.78 is 24.5. The van der Waals surface area contributed by atoms with Crippen LogP contribution in [0.5, 0.6) is 0 Å². The second-order valence-corrected chi connectivity index (χ2v) is 8.11. The summed E-state index contributed by atoms with van der Waals surface area (Å²) in [5, 5.41) is 0. The molecule has 0 atom stereocenters. The first-order chi connectivity index (χ1) is 10.0. The monoisotopic (exact) mass is 321 g/mol. The first-order valence-corrected chi connectivity index (χ1v) is 9.36. The van der Waals surface area contributed by atoms with Crippen molar-refractivity contribution in [2.24, 2.45) is 5.73 Å². The Kier molecular flexibility index (Phi) is 5.45. The second-order valence-electron chi connectivity index (χ2n) is 4.83. The van der Waals surface area contributed by atoms with E-state index < -0.39 is 9.84 Å². The van der Waals surface area contributed by atoms with Gasteiger partial charge in [-0.25, -0.2) is 8.42 Å². The van der Waals surface area contributed by atoms with Crippen LogP contribution in [0.4, 0.5) is 0 Å². The standard InChI is InChI=1S/C16H19NO2S2/c1-13-2-6-15(7-3-13)20-10-11-21(18,19)16-8-4-14(12-17)5-9-16/h2-9H,10-12,17H2,1H3. The summed E-state index contributed by atoms with van der Waals surface area (Å²) in [6.07, 6.45) is 0. The molecule has 0 amide bonds. The smallest absolute Gasteiger partial charge is 0.179 e. The number of nitrogens with two attached hydrogens (primary N) is 1. The number of rotatable bonds is 6. The van der Waals surface area contributed by atoms with Gasteiger partial charge in [-0.15, -0.1) is 11.8 Å². The highest BCUT2D eigenvalue weighted by Gasteiger charge is 2.14. The molecule has 0 radical (unpaired) electrons. The minimum atomic E-state index is -3.23. The van der Waals surface area contributed by atoms with Crippen LogP contribution in [0.25, 0.3) is 0 Å². The van der Waals surface area contributed by atoms with E-state index >= 15 is 0 Å². The molecule has 0 aliphatic rings. The first kappa shape index (κ1) is 16.1. The Bertz CT molecular complexity index is 677. The van der Waals surface area contributed by atoms with E-state index in [1.807, 2.05) is 31.2 Å². The van der Waals surface area contributed by atoms with Gasteiger partial charge in [0.1, 0.15) is 0 Å². The molecular formula is C16H19NO2S2. The molecule has 2 N–H and O–H groups in total. The van der Waals surface area contributed by atoms with Gasteiger partial charge in [0.2, 0.25) is 0 Å². The molecule has 2 aromatic carbocycles. The molecule has 0 bridgehead atoms. The Morgan fingerprint density at radius 2 is 1.62 bits per heavy atom. The van der Waals surface area contributed by atoms with Crippen molar-refractivity contribution in [2.75, 3.05) is 11.5 Å². The Balaban J connectivity index is 1.95. The van der Waals surface area contributed by atoms with Gasteiger partial charge in [-0.1, -0.05) is 29.8 Å². The molecule has 0 aromatic heterocycles. The average Bonchev–Trinajstić information content (AvgIpc) is 2.49. The maximum atomic E-state index is 12.2. The van der Waals surface area contributed by atoms with Crippen molar-refractivity contribution in [2.45, 2.75) is 23.3 Å². The van der Waals surface area contributed by atoms with Crippen LogP contribution < -0.4 is 5.73 Å². The fourth-order valence-electron chi connectivity index (χ4n) is 1.85. The predicted octanol–water partition coefficient (Wildman–Crippen LogP) is 3.02. The maximum Gasteiger partial charge on any atom is 0.179 e. The second kappa shape index (κ2) is 7.11. The molecule has 2 rings (SSSR count). The zero-order valence-electron chi connectivity index (χ0n) is 12.0. The summed E-state index contributed by atoms with van der Waals surface area (Å²) in [6.45, 7) is 2.45. The van der Waals surface area contributed by atoms with Crippen molar-refractivity contribution in [1.82, 2.24) is 0 Å². The van der Waals surface area contributed by atoms with Gasteiger partial charge in [-0.3, -0.25) is 0 Å². The molecule has 0 saturated heterocycles. The molecule has 0 unspecified atom stereocenters. The van der Waals surface area contributed by atoms with E-state index in [9.17, 15) is 8.42 Å². The fourth-order valence-corrected chi connectivity index (χ4v) is 4.42. The highest BCUT2D eigenvalue weighted by atomic mass is 32.2. The number of thioether (sulfide) groups is 1. The molecule has 0 aliphatic carbocycles. The molecule has 112 valence electrons.